The molecule has 240 valence electrons. The Hall–Kier alpha value is -6.64. The molecule has 10 rings (SSSR count). The van der Waals surface area contributed by atoms with Gasteiger partial charge in [-0.2, -0.15) is 0 Å². The van der Waals surface area contributed by atoms with Crippen LogP contribution >= 0.6 is 0 Å². The molecular weight excluding hydrogens is 619 g/mol. The highest BCUT2D eigenvalue weighted by molar-refractivity contribution is 6.15. The van der Waals surface area contributed by atoms with Gasteiger partial charge >= 0.3 is 0 Å². The lowest BCUT2D eigenvalue weighted by molar-refractivity contribution is 0.672. The number of rotatable bonds is 3. The number of furan rings is 1. The third-order valence-corrected chi connectivity index (χ3v) is 10.4. The van der Waals surface area contributed by atoms with Crippen LogP contribution in [0, 0.1) is 0 Å². The van der Waals surface area contributed by atoms with Crippen molar-refractivity contribution in [2.45, 2.75) is 6.42 Å². The van der Waals surface area contributed by atoms with E-state index in [1.807, 2.05) is 0 Å². The van der Waals surface area contributed by atoms with Crippen molar-refractivity contribution < 1.29 is 4.42 Å². The number of hydrogen-bond donors (Lipinski definition) is 0. The Morgan fingerprint density at radius 3 is 2.16 bits per heavy atom. The van der Waals surface area contributed by atoms with E-state index < -0.39 is 0 Å². The fourth-order valence-electron chi connectivity index (χ4n) is 8.06. The molecule has 0 N–H and O–H groups in total. The summed E-state index contributed by atoms with van der Waals surface area (Å²) in [4.78, 5) is 0. The minimum Gasteiger partial charge on any atom is -0.455 e. The monoisotopic (exact) mass is 651 g/mol. The molecule has 51 heavy (non-hydrogen) atoms. The summed E-state index contributed by atoms with van der Waals surface area (Å²) in [6.45, 7) is 4.63. The van der Waals surface area contributed by atoms with Gasteiger partial charge in [0.25, 0.3) is 0 Å². The summed E-state index contributed by atoms with van der Waals surface area (Å²) in [7, 11) is 0. The molecule has 0 saturated heterocycles. The van der Waals surface area contributed by atoms with E-state index in [1.165, 1.54) is 48.8 Å². The molecule has 2 heterocycles. The number of hydrogen-bond acceptors (Lipinski definition) is 1. The van der Waals surface area contributed by atoms with Crippen LogP contribution in [0.4, 0.5) is 0 Å². The Labute approximate surface area is 295 Å². The van der Waals surface area contributed by atoms with Gasteiger partial charge in [0.1, 0.15) is 11.2 Å². The first-order valence-corrected chi connectivity index (χ1v) is 17.5. The molecule has 2 nitrogen and oxygen atoms in total. The molecule has 0 unspecified atom stereocenters. The van der Waals surface area contributed by atoms with Crippen LogP contribution in [0.15, 0.2) is 193 Å². The summed E-state index contributed by atoms with van der Waals surface area (Å²) >= 11 is 0. The summed E-state index contributed by atoms with van der Waals surface area (Å²) in [5.74, 6) is 0. The van der Waals surface area contributed by atoms with Gasteiger partial charge in [-0.05, 0) is 98.6 Å². The van der Waals surface area contributed by atoms with Gasteiger partial charge in [0.05, 0.1) is 11.0 Å². The largest absolute Gasteiger partial charge is 0.455 e. The molecule has 0 atom stereocenters. The Bertz CT molecular complexity index is 3060. The minimum absolute atomic E-state index is 0.794. The summed E-state index contributed by atoms with van der Waals surface area (Å²) < 4.78 is 8.87. The van der Waals surface area contributed by atoms with Gasteiger partial charge in [0, 0.05) is 32.6 Å². The number of allylic oxidation sites excluding steroid dienone is 5. The molecule has 0 spiro atoms. The Balaban J connectivity index is 1.25. The van der Waals surface area contributed by atoms with E-state index in [4.69, 9.17) is 4.42 Å². The average Bonchev–Trinajstić information content (AvgIpc) is 3.72. The van der Waals surface area contributed by atoms with Gasteiger partial charge in [-0.15, -0.1) is 0 Å². The predicted octanol–water partition coefficient (Wildman–Crippen LogP) is 11.3. The van der Waals surface area contributed by atoms with Gasteiger partial charge < -0.3 is 8.98 Å². The minimum atomic E-state index is 0.794. The molecule has 2 aromatic heterocycles. The first kappa shape index (κ1) is 29.3. The maximum absolute atomic E-state index is 6.50. The van der Waals surface area contributed by atoms with Crippen LogP contribution in [0.5, 0.6) is 0 Å². The van der Waals surface area contributed by atoms with Crippen LogP contribution in [-0.2, 0) is 0 Å². The van der Waals surface area contributed by atoms with Crippen LogP contribution in [0.3, 0.4) is 0 Å². The summed E-state index contributed by atoms with van der Waals surface area (Å²) in [6.07, 6.45) is 9.44. The molecule has 0 amide bonds. The summed E-state index contributed by atoms with van der Waals surface area (Å²) in [6, 6.07) is 54.6. The number of nitrogens with zero attached hydrogens (tertiary/aromatic N) is 1. The molecule has 0 radical (unpaired) electrons. The SMILES string of the molecule is C=C1/C=C\C=C/C/C(c2ccc3c(c2)c2ccccc2n3-c2ccccc2)=c2/ccccc2=C1c1ccc2oc3c4ccccc4ccc3c2c1. The van der Waals surface area contributed by atoms with Crippen molar-refractivity contribution in [2.75, 3.05) is 0 Å². The van der Waals surface area contributed by atoms with Gasteiger partial charge in [0.15, 0.2) is 0 Å². The Morgan fingerprint density at radius 2 is 1.25 bits per heavy atom. The van der Waals surface area contributed by atoms with E-state index >= 15 is 0 Å². The van der Waals surface area contributed by atoms with Crippen LogP contribution in [0.2, 0.25) is 0 Å². The molecule has 0 saturated carbocycles. The van der Waals surface area contributed by atoms with Crippen LogP contribution in [0.1, 0.15) is 17.5 Å². The highest BCUT2D eigenvalue weighted by atomic mass is 16.3. The zero-order chi connectivity index (χ0) is 33.9. The highest BCUT2D eigenvalue weighted by Crippen LogP contribution is 2.37. The van der Waals surface area contributed by atoms with Crippen LogP contribution < -0.4 is 10.4 Å². The van der Waals surface area contributed by atoms with Crippen molar-refractivity contribution in [3.8, 4) is 5.69 Å². The third kappa shape index (κ3) is 4.72. The topological polar surface area (TPSA) is 18.1 Å². The first-order valence-electron chi connectivity index (χ1n) is 17.5. The zero-order valence-corrected chi connectivity index (χ0v) is 28.0. The zero-order valence-electron chi connectivity index (χ0n) is 28.0. The number of para-hydroxylation sites is 2. The lowest BCUT2D eigenvalue weighted by atomic mass is 9.90. The van der Waals surface area contributed by atoms with Gasteiger partial charge in [-0.1, -0.05) is 134 Å². The van der Waals surface area contributed by atoms with Crippen LogP contribution in [0.25, 0.3) is 71.4 Å². The van der Waals surface area contributed by atoms with Crippen molar-refractivity contribution in [2.24, 2.45) is 0 Å². The van der Waals surface area contributed by atoms with E-state index in [0.29, 0.717) is 0 Å². The second kappa shape index (κ2) is 11.8. The summed E-state index contributed by atoms with van der Waals surface area (Å²) in [5, 5.41) is 9.42. The standard InChI is InChI=1S/C49H33NO/c1-32-14-4-2-7-18-37(34-25-28-46-43(30-34)40-21-12-13-23-45(40)50(46)36-16-5-3-6-17-36)39-20-10-11-22-41(39)48(32)35-26-29-47-44(31-35)42-27-24-33-15-8-9-19-38(33)49(42)51-47/h2-17,19-31H,1,18H2/b7-2-,14-4-,39-37+,48-41?. The van der Waals surface area contributed by atoms with Crippen LogP contribution in [-0.4, -0.2) is 4.57 Å². The van der Waals surface area contributed by atoms with E-state index in [1.54, 1.807) is 0 Å². The Kier molecular flexibility index (Phi) is 6.75. The molecule has 1 aliphatic rings. The maximum Gasteiger partial charge on any atom is 0.143 e. The molecule has 7 aromatic carbocycles. The fourth-order valence-corrected chi connectivity index (χ4v) is 8.06. The van der Waals surface area contributed by atoms with Crippen molar-refractivity contribution >= 4 is 65.7 Å². The normalized spacial score (nSPS) is 15.9. The third-order valence-electron chi connectivity index (χ3n) is 10.4. The van der Waals surface area contributed by atoms with E-state index in [9.17, 15) is 0 Å². The van der Waals surface area contributed by atoms with Gasteiger partial charge in [0.2, 0.25) is 0 Å². The molecular formula is C49H33NO. The molecule has 0 bridgehead atoms. The van der Waals surface area contributed by atoms with E-state index in [-0.39, 0.29) is 0 Å². The second-order valence-electron chi connectivity index (χ2n) is 13.3. The van der Waals surface area contributed by atoms with Crippen molar-refractivity contribution in [1.29, 1.82) is 0 Å². The van der Waals surface area contributed by atoms with Gasteiger partial charge in [-0.3, -0.25) is 0 Å². The van der Waals surface area contributed by atoms with Crippen molar-refractivity contribution in [3.05, 3.63) is 210 Å². The quantitative estimate of drug-likeness (QED) is 0.186. The van der Waals surface area contributed by atoms with E-state index in [0.717, 1.165) is 56.1 Å². The lowest BCUT2D eigenvalue weighted by Gasteiger charge is -2.14. The number of fused-ring (bicyclic) bond motifs is 9. The number of benzene rings is 7. The average molecular weight is 652 g/mol. The predicted molar refractivity (Wildman–Crippen MR) is 215 cm³/mol. The lowest BCUT2D eigenvalue weighted by Crippen LogP contribution is -2.30. The highest BCUT2D eigenvalue weighted by Gasteiger charge is 2.17. The van der Waals surface area contributed by atoms with Gasteiger partial charge in [-0.25, -0.2) is 0 Å². The maximum atomic E-state index is 6.50. The molecule has 0 aliphatic heterocycles. The second-order valence-corrected chi connectivity index (χ2v) is 13.3. The van der Waals surface area contributed by atoms with Crippen molar-refractivity contribution in [1.82, 2.24) is 4.57 Å². The molecule has 9 aromatic rings. The molecule has 0 fully saturated rings. The molecule has 1 aliphatic carbocycles. The molecule has 2 heteroatoms. The Morgan fingerprint density at radius 1 is 0.529 bits per heavy atom. The number of aromatic nitrogens is 1. The smallest absolute Gasteiger partial charge is 0.143 e. The van der Waals surface area contributed by atoms with E-state index in [2.05, 4.69) is 187 Å². The first-order chi connectivity index (χ1) is 25.2. The van der Waals surface area contributed by atoms with Crippen molar-refractivity contribution in [3.63, 3.8) is 0 Å². The summed E-state index contributed by atoms with van der Waals surface area (Å²) in [5.41, 5.74) is 11.1. The fraction of sp³-hybridized carbons (Fsp3) is 0.0204.